The summed E-state index contributed by atoms with van der Waals surface area (Å²) in [6.07, 6.45) is 0.563. The minimum absolute atomic E-state index is 0.127. The van der Waals surface area contributed by atoms with E-state index in [9.17, 15) is 4.39 Å². The minimum Gasteiger partial charge on any atom is -0.329 e. The van der Waals surface area contributed by atoms with E-state index in [2.05, 4.69) is 26.1 Å². The summed E-state index contributed by atoms with van der Waals surface area (Å²) in [6, 6.07) is 4.77. The van der Waals surface area contributed by atoms with Gasteiger partial charge in [-0.15, -0.1) is 0 Å². The summed E-state index contributed by atoms with van der Waals surface area (Å²) in [5.74, 6) is 0.168. The van der Waals surface area contributed by atoms with Gasteiger partial charge in [0.25, 0.3) is 0 Å². The van der Waals surface area contributed by atoms with Crippen LogP contribution in [0.1, 0.15) is 26.3 Å². The Balaban J connectivity index is 2.61. The highest BCUT2D eigenvalue weighted by Crippen LogP contribution is 2.20. The summed E-state index contributed by atoms with van der Waals surface area (Å²) >= 11 is 5.98. The number of nitrogens with one attached hydrogen (secondary N) is 1. The van der Waals surface area contributed by atoms with Gasteiger partial charge in [0.2, 0.25) is 0 Å². The molecule has 18 heavy (non-hydrogen) atoms. The number of hydrogen-bond acceptors (Lipinski definition) is 2. The first-order valence-electron chi connectivity index (χ1n) is 6.28. The maximum absolute atomic E-state index is 13.6. The van der Waals surface area contributed by atoms with Crippen molar-refractivity contribution in [3.63, 3.8) is 0 Å². The monoisotopic (exact) mass is 272 g/mol. The summed E-state index contributed by atoms with van der Waals surface area (Å²) in [6.45, 7) is 7.54. The van der Waals surface area contributed by atoms with Crippen LogP contribution in [0.3, 0.4) is 0 Å². The van der Waals surface area contributed by atoms with Gasteiger partial charge in [-0.2, -0.15) is 0 Å². The number of nitrogens with two attached hydrogens (primary N) is 1. The van der Waals surface area contributed by atoms with Gasteiger partial charge in [-0.3, -0.25) is 0 Å². The van der Waals surface area contributed by atoms with E-state index in [4.69, 9.17) is 17.3 Å². The summed E-state index contributed by atoms with van der Waals surface area (Å²) in [7, 11) is 0. The third-order valence-corrected chi connectivity index (χ3v) is 4.02. The summed E-state index contributed by atoms with van der Waals surface area (Å²) in [5.41, 5.74) is 6.22. The van der Waals surface area contributed by atoms with Gasteiger partial charge in [0.05, 0.1) is 0 Å². The standard InChI is InChI=1S/C14H22ClFN2/c1-10(2)14(3,9-17)18-8-7-11-12(15)5-4-6-13(11)16/h4-6,10,18H,7-9,17H2,1-3H3. The molecule has 0 aromatic heterocycles. The first-order valence-corrected chi connectivity index (χ1v) is 6.66. The van der Waals surface area contributed by atoms with Gasteiger partial charge in [-0.1, -0.05) is 31.5 Å². The Hall–Kier alpha value is -0.640. The van der Waals surface area contributed by atoms with Crippen molar-refractivity contribution in [1.82, 2.24) is 5.32 Å². The molecule has 0 aliphatic rings. The normalized spacial score (nSPS) is 14.8. The largest absolute Gasteiger partial charge is 0.329 e. The molecule has 2 nitrogen and oxygen atoms in total. The Bertz CT molecular complexity index is 375. The Labute approximate surface area is 114 Å². The highest BCUT2D eigenvalue weighted by Gasteiger charge is 2.25. The fourth-order valence-corrected chi connectivity index (χ4v) is 2.01. The van der Waals surface area contributed by atoms with Crippen LogP contribution in [0, 0.1) is 11.7 Å². The average molecular weight is 273 g/mol. The van der Waals surface area contributed by atoms with Crippen molar-refractivity contribution in [2.24, 2.45) is 11.7 Å². The van der Waals surface area contributed by atoms with Gasteiger partial charge in [0, 0.05) is 22.7 Å². The van der Waals surface area contributed by atoms with Crippen LogP contribution in [0.25, 0.3) is 0 Å². The molecule has 102 valence electrons. The molecule has 0 saturated carbocycles. The van der Waals surface area contributed by atoms with Crippen LogP contribution in [-0.4, -0.2) is 18.6 Å². The van der Waals surface area contributed by atoms with Crippen LogP contribution < -0.4 is 11.1 Å². The summed E-state index contributed by atoms with van der Waals surface area (Å²) in [5, 5.41) is 3.88. The molecule has 0 bridgehead atoms. The van der Waals surface area contributed by atoms with E-state index >= 15 is 0 Å². The molecule has 1 atom stereocenters. The first-order chi connectivity index (χ1) is 8.40. The molecule has 0 saturated heterocycles. The van der Waals surface area contributed by atoms with Crippen LogP contribution >= 0.6 is 11.6 Å². The van der Waals surface area contributed by atoms with E-state index in [0.29, 0.717) is 36.0 Å². The second-order valence-corrected chi connectivity index (χ2v) is 5.56. The Morgan fingerprint density at radius 2 is 2.11 bits per heavy atom. The van der Waals surface area contributed by atoms with Gasteiger partial charge in [0.15, 0.2) is 0 Å². The molecule has 0 spiro atoms. The number of hydrogen-bond donors (Lipinski definition) is 2. The second kappa shape index (κ2) is 6.50. The molecule has 0 aliphatic carbocycles. The lowest BCUT2D eigenvalue weighted by Gasteiger charge is -2.34. The highest BCUT2D eigenvalue weighted by atomic mass is 35.5. The summed E-state index contributed by atoms with van der Waals surface area (Å²) < 4.78 is 13.6. The average Bonchev–Trinajstić information content (AvgIpc) is 2.32. The maximum atomic E-state index is 13.6. The summed E-state index contributed by atoms with van der Waals surface area (Å²) in [4.78, 5) is 0. The fraction of sp³-hybridized carbons (Fsp3) is 0.571. The zero-order valence-corrected chi connectivity index (χ0v) is 12.0. The third kappa shape index (κ3) is 3.67. The lowest BCUT2D eigenvalue weighted by atomic mass is 9.88. The Kier molecular flexibility index (Phi) is 5.57. The van der Waals surface area contributed by atoms with Gasteiger partial charge < -0.3 is 11.1 Å². The van der Waals surface area contributed by atoms with Gasteiger partial charge >= 0.3 is 0 Å². The van der Waals surface area contributed by atoms with E-state index in [0.717, 1.165) is 0 Å². The second-order valence-electron chi connectivity index (χ2n) is 5.15. The molecule has 0 amide bonds. The fourth-order valence-electron chi connectivity index (χ4n) is 1.76. The van der Waals surface area contributed by atoms with E-state index in [1.807, 2.05) is 0 Å². The van der Waals surface area contributed by atoms with Crippen molar-refractivity contribution in [2.75, 3.05) is 13.1 Å². The lowest BCUT2D eigenvalue weighted by Crippen LogP contribution is -2.53. The van der Waals surface area contributed by atoms with E-state index < -0.39 is 0 Å². The third-order valence-electron chi connectivity index (χ3n) is 3.66. The Morgan fingerprint density at radius 3 is 2.61 bits per heavy atom. The van der Waals surface area contributed by atoms with Crippen molar-refractivity contribution < 1.29 is 4.39 Å². The molecule has 0 aliphatic heterocycles. The van der Waals surface area contributed by atoms with Crippen LogP contribution in [0.5, 0.6) is 0 Å². The van der Waals surface area contributed by atoms with Crippen LogP contribution in [0.2, 0.25) is 5.02 Å². The smallest absolute Gasteiger partial charge is 0.127 e. The van der Waals surface area contributed by atoms with Crippen molar-refractivity contribution in [3.8, 4) is 0 Å². The zero-order chi connectivity index (χ0) is 13.8. The molecular weight excluding hydrogens is 251 g/mol. The number of halogens is 2. The lowest BCUT2D eigenvalue weighted by molar-refractivity contribution is 0.271. The molecule has 0 fully saturated rings. The minimum atomic E-state index is -0.247. The molecule has 1 aromatic carbocycles. The van der Waals surface area contributed by atoms with Crippen molar-refractivity contribution in [1.29, 1.82) is 0 Å². The van der Waals surface area contributed by atoms with Crippen molar-refractivity contribution >= 4 is 11.6 Å². The van der Waals surface area contributed by atoms with Crippen LogP contribution in [0.4, 0.5) is 4.39 Å². The number of rotatable bonds is 6. The predicted octanol–water partition coefficient (Wildman–Crippen LogP) is 2.98. The van der Waals surface area contributed by atoms with Crippen molar-refractivity contribution in [2.45, 2.75) is 32.7 Å². The molecule has 1 unspecified atom stereocenters. The number of benzene rings is 1. The quantitative estimate of drug-likeness (QED) is 0.836. The molecule has 1 aromatic rings. The predicted molar refractivity (Wildman–Crippen MR) is 75.4 cm³/mol. The molecule has 0 heterocycles. The molecule has 0 radical (unpaired) electrons. The van der Waals surface area contributed by atoms with Gasteiger partial charge in [-0.25, -0.2) is 4.39 Å². The molecular formula is C14H22ClFN2. The van der Waals surface area contributed by atoms with Crippen LogP contribution in [-0.2, 0) is 6.42 Å². The molecule has 4 heteroatoms. The Morgan fingerprint density at radius 1 is 1.44 bits per heavy atom. The van der Waals surface area contributed by atoms with E-state index in [-0.39, 0.29) is 11.4 Å². The SMILES string of the molecule is CC(C)C(C)(CN)NCCc1c(F)cccc1Cl. The van der Waals surface area contributed by atoms with Crippen LogP contribution in [0.15, 0.2) is 18.2 Å². The topological polar surface area (TPSA) is 38.0 Å². The zero-order valence-electron chi connectivity index (χ0n) is 11.3. The van der Waals surface area contributed by atoms with Gasteiger partial charge in [-0.05, 0) is 37.9 Å². The first kappa shape index (κ1) is 15.4. The van der Waals surface area contributed by atoms with E-state index in [1.165, 1.54) is 6.07 Å². The molecule has 1 rings (SSSR count). The maximum Gasteiger partial charge on any atom is 0.127 e. The molecule has 3 N–H and O–H groups in total. The van der Waals surface area contributed by atoms with E-state index in [1.54, 1.807) is 12.1 Å². The van der Waals surface area contributed by atoms with Gasteiger partial charge in [0.1, 0.15) is 5.82 Å². The van der Waals surface area contributed by atoms with Crippen molar-refractivity contribution in [3.05, 3.63) is 34.6 Å². The highest BCUT2D eigenvalue weighted by molar-refractivity contribution is 6.31.